The molecule has 0 spiro atoms. The van der Waals surface area contributed by atoms with Gasteiger partial charge in [-0.15, -0.1) is 0 Å². The standard InChI is InChI=1S/C29H32F2/c1-2-29(31)20-7-6-10-28(29)27(19-21-30)26-17-15-25(16-18-26)24-13-11-23(12-14-24)22-8-4-3-5-9-22/h3-5,8-9,11-18,27-28H,2,6-7,10,19-21H2,1H3. The summed E-state index contributed by atoms with van der Waals surface area (Å²) in [6.45, 7) is 1.54. The fourth-order valence-corrected chi connectivity index (χ4v) is 5.35. The van der Waals surface area contributed by atoms with Crippen molar-refractivity contribution in [3.05, 3.63) is 84.4 Å². The molecule has 0 heterocycles. The molecule has 3 unspecified atom stereocenters. The summed E-state index contributed by atoms with van der Waals surface area (Å²) in [4.78, 5) is 0. The zero-order valence-electron chi connectivity index (χ0n) is 18.4. The molecule has 3 aromatic rings. The van der Waals surface area contributed by atoms with E-state index in [9.17, 15) is 4.39 Å². The van der Waals surface area contributed by atoms with Gasteiger partial charge in [-0.1, -0.05) is 98.6 Å². The Morgan fingerprint density at radius 3 is 1.90 bits per heavy atom. The molecule has 2 heteroatoms. The Labute approximate surface area is 185 Å². The van der Waals surface area contributed by atoms with Crippen LogP contribution in [0.3, 0.4) is 0 Å². The highest BCUT2D eigenvalue weighted by Gasteiger charge is 2.43. The highest BCUT2D eigenvalue weighted by atomic mass is 19.1. The van der Waals surface area contributed by atoms with Crippen molar-refractivity contribution < 1.29 is 8.78 Å². The van der Waals surface area contributed by atoms with Crippen LogP contribution in [0.15, 0.2) is 78.9 Å². The summed E-state index contributed by atoms with van der Waals surface area (Å²) in [5.41, 5.74) is 4.60. The molecule has 0 amide bonds. The zero-order valence-corrected chi connectivity index (χ0v) is 18.4. The number of rotatable bonds is 7. The minimum Gasteiger partial charge on any atom is -0.251 e. The number of halogens is 2. The van der Waals surface area contributed by atoms with Gasteiger partial charge >= 0.3 is 0 Å². The van der Waals surface area contributed by atoms with Crippen molar-refractivity contribution in [1.82, 2.24) is 0 Å². The molecule has 162 valence electrons. The third kappa shape index (κ3) is 4.74. The molecule has 1 aliphatic carbocycles. The summed E-state index contributed by atoms with van der Waals surface area (Å²) in [5, 5.41) is 0. The van der Waals surface area contributed by atoms with E-state index in [4.69, 9.17) is 0 Å². The molecule has 0 aliphatic heterocycles. The van der Waals surface area contributed by atoms with Gasteiger partial charge in [-0.2, -0.15) is 0 Å². The fraction of sp³-hybridized carbons (Fsp3) is 0.379. The van der Waals surface area contributed by atoms with E-state index in [1.807, 2.05) is 25.1 Å². The summed E-state index contributed by atoms with van der Waals surface area (Å²) in [6.07, 6.45) is 4.39. The molecule has 0 radical (unpaired) electrons. The van der Waals surface area contributed by atoms with Crippen molar-refractivity contribution >= 4 is 0 Å². The van der Waals surface area contributed by atoms with E-state index >= 15 is 4.39 Å². The molecule has 0 nitrogen and oxygen atoms in total. The normalized spacial score (nSPS) is 22.2. The van der Waals surface area contributed by atoms with E-state index in [0.717, 1.165) is 36.0 Å². The molecule has 31 heavy (non-hydrogen) atoms. The predicted molar refractivity (Wildman–Crippen MR) is 127 cm³/mol. The third-order valence-electron chi connectivity index (χ3n) is 7.18. The van der Waals surface area contributed by atoms with E-state index in [2.05, 4.69) is 60.7 Å². The van der Waals surface area contributed by atoms with Crippen LogP contribution in [0.2, 0.25) is 0 Å². The summed E-state index contributed by atoms with van der Waals surface area (Å²) in [6, 6.07) is 27.3. The maximum atomic E-state index is 15.6. The van der Waals surface area contributed by atoms with Crippen LogP contribution in [-0.4, -0.2) is 12.3 Å². The van der Waals surface area contributed by atoms with Crippen LogP contribution >= 0.6 is 0 Å². The first-order chi connectivity index (χ1) is 15.1. The van der Waals surface area contributed by atoms with Crippen molar-refractivity contribution in [3.63, 3.8) is 0 Å². The van der Waals surface area contributed by atoms with Crippen LogP contribution < -0.4 is 0 Å². The molecule has 1 aliphatic rings. The quantitative estimate of drug-likeness (QED) is 0.360. The van der Waals surface area contributed by atoms with Gasteiger partial charge in [0.25, 0.3) is 0 Å². The first-order valence-corrected chi connectivity index (χ1v) is 11.7. The summed E-state index contributed by atoms with van der Waals surface area (Å²) >= 11 is 0. The molecule has 0 aromatic heterocycles. The molecule has 4 rings (SSSR count). The smallest absolute Gasteiger partial charge is 0.114 e. The lowest BCUT2D eigenvalue weighted by Crippen LogP contribution is -2.39. The molecule has 1 fully saturated rings. The zero-order chi connectivity index (χ0) is 21.7. The second kappa shape index (κ2) is 9.77. The van der Waals surface area contributed by atoms with Gasteiger partial charge in [0.2, 0.25) is 0 Å². The second-order valence-corrected chi connectivity index (χ2v) is 8.89. The maximum Gasteiger partial charge on any atom is 0.114 e. The predicted octanol–water partition coefficient (Wildman–Crippen LogP) is 8.77. The average Bonchev–Trinajstić information content (AvgIpc) is 2.84. The summed E-state index contributed by atoms with van der Waals surface area (Å²) in [5.74, 6) is -0.136. The number of hydrogen-bond acceptors (Lipinski definition) is 0. The number of hydrogen-bond donors (Lipinski definition) is 0. The van der Waals surface area contributed by atoms with Crippen LogP contribution in [0.1, 0.15) is 56.9 Å². The minimum absolute atomic E-state index is 0.0512. The monoisotopic (exact) mass is 418 g/mol. The van der Waals surface area contributed by atoms with Gasteiger partial charge in [0.05, 0.1) is 6.67 Å². The highest BCUT2D eigenvalue weighted by molar-refractivity contribution is 5.70. The Morgan fingerprint density at radius 2 is 1.35 bits per heavy atom. The number of benzene rings is 3. The van der Waals surface area contributed by atoms with E-state index in [-0.39, 0.29) is 11.8 Å². The van der Waals surface area contributed by atoms with Gasteiger partial charge in [-0.25, -0.2) is 4.39 Å². The maximum absolute atomic E-state index is 15.6. The van der Waals surface area contributed by atoms with Gasteiger partial charge in [0, 0.05) is 0 Å². The SMILES string of the molecule is CCC1(F)CCCCC1C(CCF)c1ccc(-c2ccc(-c3ccccc3)cc2)cc1. The van der Waals surface area contributed by atoms with Crippen LogP contribution in [0.25, 0.3) is 22.3 Å². The van der Waals surface area contributed by atoms with Crippen molar-refractivity contribution in [1.29, 1.82) is 0 Å². The van der Waals surface area contributed by atoms with E-state index in [0.29, 0.717) is 19.3 Å². The first-order valence-electron chi connectivity index (χ1n) is 11.7. The molecular weight excluding hydrogens is 386 g/mol. The summed E-state index contributed by atoms with van der Waals surface area (Å²) < 4.78 is 29.1. The first kappa shape index (κ1) is 21.7. The van der Waals surface area contributed by atoms with Crippen LogP contribution in [0.4, 0.5) is 8.78 Å². The van der Waals surface area contributed by atoms with Gasteiger partial charge in [0.15, 0.2) is 0 Å². The molecule has 0 saturated heterocycles. The lowest BCUT2D eigenvalue weighted by molar-refractivity contribution is 0.0156. The second-order valence-electron chi connectivity index (χ2n) is 8.89. The average molecular weight is 419 g/mol. The Kier molecular flexibility index (Phi) is 6.85. The Balaban J connectivity index is 1.56. The minimum atomic E-state index is -1.16. The van der Waals surface area contributed by atoms with E-state index in [1.165, 1.54) is 11.1 Å². The largest absolute Gasteiger partial charge is 0.251 e. The molecule has 1 saturated carbocycles. The molecular formula is C29H32F2. The van der Waals surface area contributed by atoms with Gasteiger partial charge in [-0.05, 0) is 65.3 Å². The van der Waals surface area contributed by atoms with Crippen molar-refractivity contribution in [2.45, 2.75) is 57.0 Å². The van der Waals surface area contributed by atoms with E-state index < -0.39 is 12.3 Å². The molecule has 0 bridgehead atoms. The molecule has 3 aromatic carbocycles. The third-order valence-corrected chi connectivity index (χ3v) is 7.18. The lowest BCUT2D eigenvalue weighted by atomic mass is 9.66. The highest BCUT2D eigenvalue weighted by Crippen LogP contribution is 2.48. The summed E-state index contributed by atoms with van der Waals surface area (Å²) in [7, 11) is 0. The van der Waals surface area contributed by atoms with Gasteiger partial charge in [-0.3, -0.25) is 4.39 Å². The molecule has 3 atom stereocenters. The topological polar surface area (TPSA) is 0 Å². The fourth-order valence-electron chi connectivity index (χ4n) is 5.35. The molecule has 0 N–H and O–H groups in total. The van der Waals surface area contributed by atoms with Crippen LogP contribution in [0.5, 0.6) is 0 Å². The van der Waals surface area contributed by atoms with E-state index in [1.54, 1.807) is 0 Å². The van der Waals surface area contributed by atoms with Crippen molar-refractivity contribution in [3.8, 4) is 22.3 Å². The Morgan fingerprint density at radius 1 is 0.806 bits per heavy atom. The Hall–Kier alpha value is -2.48. The van der Waals surface area contributed by atoms with Crippen LogP contribution in [0, 0.1) is 5.92 Å². The van der Waals surface area contributed by atoms with Crippen LogP contribution in [-0.2, 0) is 0 Å². The Bertz CT molecular complexity index is 946. The number of alkyl halides is 2. The van der Waals surface area contributed by atoms with Gasteiger partial charge in [0.1, 0.15) is 5.67 Å². The van der Waals surface area contributed by atoms with Gasteiger partial charge < -0.3 is 0 Å². The lowest BCUT2D eigenvalue weighted by Gasteiger charge is -2.42. The van der Waals surface area contributed by atoms with Crippen molar-refractivity contribution in [2.75, 3.05) is 6.67 Å². The van der Waals surface area contributed by atoms with Crippen molar-refractivity contribution in [2.24, 2.45) is 5.92 Å².